The maximum absolute atomic E-state index is 5.38. The van der Waals surface area contributed by atoms with Gasteiger partial charge in [-0.25, -0.2) is 4.98 Å². The third kappa shape index (κ3) is 6.76. The van der Waals surface area contributed by atoms with Gasteiger partial charge in [-0.1, -0.05) is 224 Å². The molecule has 0 aliphatic rings. The van der Waals surface area contributed by atoms with Crippen molar-refractivity contribution < 1.29 is 0 Å². The lowest BCUT2D eigenvalue weighted by Crippen LogP contribution is -2.07. The fourth-order valence-electron chi connectivity index (χ4n) is 9.87. The van der Waals surface area contributed by atoms with E-state index in [1.165, 1.54) is 38.8 Å². The van der Waals surface area contributed by atoms with Crippen LogP contribution in [0.25, 0.3) is 123 Å². The van der Waals surface area contributed by atoms with Crippen LogP contribution in [-0.4, -0.2) is 24.1 Å². The third-order valence-corrected chi connectivity index (χ3v) is 13.2. The Morgan fingerprint density at radius 1 is 0.221 bits per heavy atom. The minimum atomic E-state index is 0.556. The molecule has 0 radical (unpaired) electrons. The predicted octanol–water partition coefficient (Wildman–Crippen LogP) is 16.1. The van der Waals surface area contributed by atoms with Gasteiger partial charge in [-0.2, -0.15) is 9.97 Å². The number of rotatable bonds is 8. The summed E-state index contributed by atoms with van der Waals surface area (Å²) in [4.78, 5) is 15.9. The molecule has 0 aliphatic carbocycles. The smallest absolute Gasteiger partial charge is 0.238 e. The lowest BCUT2D eigenvalue weighted by Gasteiger charge is -2.14. The van der Waals surface area contributed by atoms with Crippen LogP contribution in [0.5, 0.6) is 0 Å². The molecule has 318 valence electrons. The van der Waals surface area contributed by atoms with Crippen molar-refractivity contribution in [2.75, 3.05) is 0 Å². The van der Waals surface area contributed by atoms with Crippen molar-refractivity contribution in [1.29, 1.82) is 0 Å². The Bertz CT molecular complexity index is 3950. The summed E-state index contributed by atoms with van der Waals surface area (Å²) in [5.41, 5.74) is 16.6. The van der Waals surface area contributed by atoms with E-state index in [9.17, 15) is 0 Å². The summed E-state index contributed by atoms with van der Waals surface area (Å²) in [6, 6.07) is 88.2. The maximum Gasteiger partial charge on any atom is 0.238 e. The van der Waals surface area contributed by atoms with E-state index in [-0.39, 0.29) is 0 Å². The van der Waals surface area contributed by atoms with Crippen molar-refractivity contribution in [3.8, 4) is 78.9 Å². The molecule has 13 aromatic rings. The highest BCUT2D eigenvalue weighted by molar-refractivity contribution is 6.23. The van der Waals surface area contributed by atoms with Gasteiger partial charge in [0.25, 0.3) is 0 Å². The van der Waals surface area contributed by atoms with Crippen LogP contribution in [-0.2, 0) is 0 Å². The summed E-state index contributed by atoms with van der Waals surface area (Å²) in [5.74, 6) is 1.77. The summed E-state index contributed by atoms with van der Waals surface area (Å²) >= 11 is 0. The van der Waals surface area contributed by atoms with E-state index in [4.69, 9.17) is 15.0 Å². The highest BCUT2D eigenvalue weighted by Gasteiger charge is 2.23. The highest BCUT2D eigenvalue weighted by atomic mass is 15.2. The van der Waals surface area contributed by atoms with Crippen molar-refractivity contribution in [1.82, 2.24) is 24.1 Å². The van der Waals surface area contributed by atoms with E-state index < -0.39 is 0 Å². The van der Waals surface area contributed by atoms with Crippen molar-refractivity contribution in [2.45, 2.75) is 0 Å². The van der Waals surface area contributed by atoms with Crippen molar-refractivity contribution in [3.63, 3.8) is 0 Å². The summed E-state index contributed by atoms with van der Waals surface area (Å²) in [7, 11) is 0. The van der Waals surface area contributed by atoms with Crippen LogP contribution in [0.1, 0.15) is 0 Å². The molecule has 10 aromatic carbocycles. The van der Waals surface area contributed by atoms with Crippen molar-refractivity contribution >= 4 is 43.6 Å². The van der Waals surface area contributed by atoms with E-state index >= 15 is 0 Å². The van der Waals surface area contributed by atoms with E-state index in [0.717, 1.165) is 66.2 Å². The van der Waals surface area contributed by atoms with Gasteiger partial charge < -0.3 is 4.57 Å². The van der Waals surface area contributed by atoms with Gasteiger partial charge in [0.2, 0.25) is 5.95 Å². The second-order valence-corrected chi connectivity index (χ2v) is 17.2. The first kappa shape index (κ1) is 39.2. The Balaban J connectivity index is 0.944. The minimum Gasteiger partial charge on any atom is -0.307 e. The van der Waals surface area contributed by atoms with Gasteiger partial charge in [-0.05, 0) is 68.8 Å². The SMILES string of the molecule is c1ccc(-c2ccc(-c3ccc(-c4ccc(-c5nc(-c6ccccc6)nc(-n6c7ccccc7c7ccc8c9ccccc9n(-c9ccc(-c%10ccccc%10)cc9)c8c76)n5)cc4)cc3)cc2)cc1. The molecule has 3 heterocycles. The Morgan fingerprint density at radius 2 is 0.529 bits per heavy atom. The average molecular weight is 868 g/mol. The molecule has 0 saturated carbocycles. The van der Waals surface area contributed by atoms with Crippen LogP contribution in [0.4, 0.5) is 0 Å². The maximum atomic E-state index is 5.38. The first-order chi connectivity index (χ1) is 33.7. The molecule has 0 fully saturated rings. The molecule has 5 heteroatoms. The van der Waals surface area contributed by atoms with E-state index in [1.54, 1.807) is 0 Å². The zero-order valence-electron chi connectivity index (χ0n) is 36.9. The Hall–Kier alpha value is -9.19. The topological polar surface area (TPSA) is 48.5 Å². The predicted molar refractivity (Wildman–Crippen MR) is 281 cm³/mol. The third-order valence-electron chi connectivity index (χ3n) is 13.2. The number of hydrogen-bond acceptors (Lipinski definition) is 3. The van der Waals surface area contributed by atoms with E-state index in [0.29, 0.717) is 17.6 Å². The van der Waals surface area contributed by atoms with Gasteiger partial charge in [-0.15, -0.1) is 0 Å². The molecule has 0 atom stereocenters. The zero-order chi connectivity index (χ0) is 45.0. The number of nitrogens with zero attached hydrogens (tertiary/aromatic N) is 5. The van der Waals surface area contributed by atoms with Gasteiger partial charge in [0.15, 0.2) is 11.6 Å². The first-order valence-corrected chi connectivity index (χ1v) is 23.0. The minimum absolute atomic E-state index is 0.556. The van der Waals surface area contributed by atoms with Crippen LogP contribution in [0.3, 0.4) is 0 Å². The van der Waals surface area contributed by atoms with Crippen LogP contribution in [0.2, 0.25) is 0 Å². The summed E-state index contributed by atoms with van der Waals surface area (Å²) in [6.45, 7) is 0. The quantitative estimate of drug-likeness (QED) is 0.153. The Labute approximate surface area is 393 Å². The summed E-state index contributed by atoms with van der Waals surface area (Å²) in [6.07, 6.45) is 0. The second kappa shape index (κ2) is 16.4. The fourth-order valence-corrected chi connectivity index (χ4v) is 9.87. The largest absolute Gasteiger partial charge is 0.307 e. The molecule has 5 nitrogen and oxygen atoms in total. The van der Waals surface area contributed by atoms with Gasteiger partial charge in [0.05, 0.1) is 22.1 Å². The van der Waals surface area contributed by atoms with Crippen LogP contribution < -0.4 is 0 Å². The van der Waals surface area contributed by atoms with Crippen LogP contribution in [0.15, 0.2) is 249 Å². The lowest BCUT2D eigenvalue weighted by molar-refractivity contribution is 0.953. The standard InChI is InChI=1S/C63H41N5/c1-4-14-42(15-5-1)44-24-26-45(27-25-44)46-28-30-47(31-29-46)48-32-34-51(35-33-48)62-64-61(50-18-8-3-9-19-50)65-63(66-62)68-58-23-13-11-21-54(58)56-41-40-55-53-20-10-12-22-57(53)67(59(55)60(56)68)52-38-36-49(37-39-52)43-16-6-2-7-17-43/h1-41H. The number of hydrogen-bond donors (Lipinski definition) is 0. The monoisotopic (exact) mass is 867 g/mol. The number of fused-ring (bicyclic) bond motifs is 7. The number of aromatic nitrogens is 5. The van der Waals surface area contributed by atoms with Gasteiger partial charge in [0, 0.05) is 38.4 Å². The molecule has 0 unspecified atom stereocenters. The van der Waals surface area contributed by atoms with Crippen molar-refractivity contribution in [2.24, 2.45) is 0 Å². The number of benzene rings is 10. The molecule has 0 amide bonds. The molecule has 0 bridgehead atoms. The van der Waals surface area contributed by atoms with Crippen molar-refractivity contribution in [3.05, 3.63) is 249 Å². The molecule has 0 N–H and O–H groups in total. The molecule has 68 heavy (non-hydrogen) atoms. The first-order valence-electron chi connectivity index (χ1n) is 23.0. The average Bonchev–Trinajstić information content (AvgIpc) is 3.95. The highest BCUT2D eigenvalue weighted by Crippen LogP contribution is 2.42. The molecular weight excluding hydrogens is 827 g/mol. The van der Waals surface area contributed by atoms with Gasteiger partial charge in [0.1, 0.15) is 0 Å². The lowest BCUT2D eigenvalue weighted by atomic mass is 9.98. The summed E-state index contributed by atoms with van der Waals surface area (Å²) in [5, 5.41) is 4.59. The molecule has 0 saturated heterocycles. The molecule has 3 aromatic heterocycles. The fraction of sp³-hybridized carbons (Fsp3) is 0. The second-order valence-electron chi connectivity index (χ2n) is 17.2. The van der Waals surface area contributed by atoms with Crippen LogP contribution in [0, 0.1) is 0 Å². The van der Waals surface area contributed by atoms with E-state index in [1.807, 2.05) is 18.2 Å². The zero-order valence-corrected chi connectivity index (χ0v) is 36.9. The van der Waals surface area contributed by atoms with E-state index in [2.05, 4.69) is 240 Å². The molecule has 0 aliphatic heterocycles. The Morgan fingerprint density at radius 3 is 0.971 bits per heavy atom. The number of para-hydroxylation sites is 2. The molecular formula is C63H41N5. The molecule has 0 spiro atoms. The molecule has 13 rings (SSSR count). The summed E-state index contributed by atoms with van der Waals surface area (Å²) < 4.78 is 4.66. The van der Waals surface area contributed by atoms with Crippen LogP contribution >= 0.6 is 0 Å². The van der Waals surface area contributed by atoms with Gasteiger partial charge in [-0.3, -0.25) is 4.57 Å². The normalized spacial score (nSPS) is 11.5. The Kier molecular flexibility index (Phi) is 9.43. The van der Waals surface area contributed by atoms with Gasteiger partial charge >= 0.3 is 0 Å².